The zero-order chi connectivity index (χ0) is 20.3. The monoisotopic (exact) mass is 383 g/mol. The molecule has 1 atom stereocenters. The van der Waals surface area contributed by atoms with Crippen molar-refractivity contribution in [1.29, 1.82) is 0 Å². The Morgan fingerprint density at radius 3 is 2.79 bits per heavy atom. The Bertz CT molecular complexity index is 980. The SMILES string of the molecule is CCOC(=O)C(C)Oc1ccc2c(c1)OC(=Cc1cccc([N+](=O)[O-])c1)C2=O. The standard InChI is InChI=1S/C20H17NO7/c1-3-26-20(23)12(2)27-15-7-8-16-17(11-15)28-18(19(16)22)10-13-5-4-6-14(9-13)21(24)25/h4-12H,3H2,1-2H3. The van der Waals surface area contributed by atoms with Crippen LogP contribution in [-0.4, -0.2) is 29.4 Å². The molecule has 0 bridgehead atoms. The second kappa shape index (κ2) is 7.91. The minimum Gasteiger partial charge on any atom is -0.479 e. The van der Waals surface area contributed by atoms with Crippen LogP contribution in [0.25, 0.3) is 6.08 Å². The van der Waals surface area contributed by atoms with E-state index in [-0.39, 0.29) is 29.6 Å². The van der Waals surface area contributed by atoms with Crippen LogP contribution >= 0.6 is 0 Å². The number of Topliss-reactive ketones (excluding diaryl/α,β-unsaturated/α-hetero) is 1. The molecule has 8 heteroatoms. The van der Waals surface area contributed by atoms with Gasteiger partial charge in [-0.3, -0.25) is 14.9 Å². The van der Waals surface area contributed by atoms with Gasteiger partial charge in [0.2, 0.25) is 5.78 Å². The molecule has 1 unspecified atom stereocenters. The fourth-order valence-corrected chi connectivity index (χ4v) is 2.63. The number of non-ortho nitro benzene ring substituents is 1. The second-order valence-electron chi connectivity index (χ2n) is 5.96. The molecule has 0 aromatic heterocycles. The Labute approximate surface area is 160 Å². The van der Waals surface area contributed by atoms with E-state index in [0.29, 0.717) is 16.9 Å². The number of nitrogens with zero attached hydrogens (tertiary/aromatic N) is 1. The van der Waals surface area contributed by atoms with Crippen molar-refractivity contribution >= 4 is 23.5 Å². The van der Waals surface area contributed by atoms with Crippen LogP contribution in [0.5, 0.6) is 11.5 Å². The van der Waals surface area contributed by atoms with Crippen LogP contribution in [0, 0.1) is 10.1 Å². The molecular weight excluding hydrogens is 366 g/mol. The van der Waals surface area contributed by atoms with Gasteiger partial charge in [-0.2, -0.15) is 0 Å². The average molecular weight is 383 g/mol. The summed E-state index contributed by atoms with van der Waals surface area (Å²) in [7, 11) is 0. The van der Waals surface area contributed by atoms with Gasteiger partial charge in [0.05, 0.1) is 17.1 Å². The smallest absolute Gasteiger partial charge is 0.347 e. The van der Waals surface area contributed by atoms with Gasteiger partial charge in [-0.1, -0.05) is 12.1 Å². The number of hydrogen-bond acceptors (Lipinski definition) is 7. The van der Waals surface area contributed by atoms with Crippen LogP contribution in [0.4, 0.5) is 5.69 Å². The zero-order valence-corrected chi connectivity index (χ0v) is 15.2. The second-order valence-corrected chi connectivity index (χ2v) is 5.96. The molecule has 0 N–H and O–H groups in total. The maximum absolute atomic E-state index is 12.5. The van der Waals surface area contributed by atoms with Gasteiger partial charge in [0.25, 0.3) is 5.69 Å². The summed E-state index contributed by atoms with van der Waals surface area (Å²) in [5.74, 6) is -0.150. The number of hydrogen-bond donors (Lipinski definition) is 0. The molecule has 2 aromatic rings. The fraction of sp³-hybridized carbons (Fsp3) is 0.200. The van der Waals surface area contributed by atoms with Gasteiger partial charge >= 0.3 is 5.97 Å². The van der Waals surface area contributed by atoms with Gasteiger partial charge in [-0.05, 0) is 37.6 Å². The highest BCUT2D eigenvalue weighted by atomic mass is 16.6. The van der Waals surface area contributed by atoms with E-state index in [1.54, 1.807) is 32.0 Å². The Balaban J connectivity index is 1.80. The van der Waals surface area contributed by atoms with Crippen LogP contribution in [0.1, 0.15) is 29.8 Å². The lowest BCUT2D eigenvalue weighted by molar-refractivity contribution is -0.384. The summed E-state index contributed by atoms with van der Waals surface area (Å²) in [5, 5.41) is 10.9. The summed E-state index contributed by atoms with van der Waals surface area (Å²) in [5.41, 5.74) is 0.728. The molecule has 28 heavy (non-hydrogen) atoms. The minimum atomic E-state index is -0.810. The van der Waals surface area contributed by atoms with E-state index in [2.05, 4.69) is 0 Å². The van der Waals surface area contributed by atoms with Gasteiger partial charge in [0.15, 0.2) is 11.9 Å². The maximum Gasteiger partial charge on any atom is 0.347 e. The topological polar surface area (TPSA) is 105 Å². The first kappa shape index (κ1) is 19.1. The first-order valence-corrected chi connectivity index (χ1v) is 8.55. The molecule has 1 aliphatic rings. The van der Waals surface area contributed by atoms with Crippen molar-refractivity contribution in [3.05, 3.63) is 69.5 Å². The molecule has 0 saturated heterocycles. The van der Waals surface area contributed by atoms with Gasteiger partial charge in [0.1, 0.15) is 11.5 Å². The predicted molar refractivity (Wildman–Crippen MR) is 99.2 cm³/mol. The Morgan fingerprint density at radius 2 is 2.07 bits per heavy atom. The quantitative estimate of drug-likeness (QED) is 0.325. The molecule has 144 valence electrons. The van der Waals surface area contributed by atoms with Crippen LogP contribution in [0.2, 0.25) is 0 Å². The van der Waals surface area contributed by atoms with E-state index in [0.717, 1.165) is 0 Å². The number of carbonyl (C=O) groups is 2. The highest BCUT2D eigenvalue weighted by Crippen LogP contribution is 2.35. The van der Waals surface area contributed by atoms with E-state index in [1.165, 1.54) is 30.3 Å². The summed E-state index contributed by atoms with van der Waals surface area (Å²) >= 11 is 0. The Hall–Kier alpha value is -3.68. The van der Waals surface area contributed by atoms with Gasteiger partial charge in [0, 0.05) is 18.2 Å². The minimum absolute atomic E-state index is 0.0473. The molecule has 1 heterocycles. The number of allylic oxidation sites excluding steroid dienone is 1. The van der Waals surface area contributed by atoms with E-state index in [4.69, 9.17) is 14.2 Å². The van der Waals surface area contributed by atoms with E-state index in [1.807, 2.05) is 0 Å². The summed E-state index contributed by atoms with van der Waals surface area (Å²) < 4.78 is 16.0. The fourth-order valence-electron chi connectivity index (χ4n) is 2.63. The van der Waals surface area contributed by atoms with E-state index < -0.39 is 17.0 Å². The third-order valence-electron chi connectivity index (χ3n) is 3.95. The number of nitro groups is 1. The van der Waals surface area contributed by atoms with Gasteiger partial charge < -0.3 is 14.2 Å². The molecule has 0 saturated carbocycles. The van der Waals surface area contributed by atoms with E-state index in [9.17, 15) is 19.7 Å². The number of rotatable bonds is 6. The maximum atomic E-state index is 12.5. The van der Waals surface area contributed by atoms with Crippen LogP contribution in [0.15, 0.2) is 48.2 Å². The Kier molecular flexibility index (Phi) is 5.39. The first-order chi connectivity index (χ1) is 13.4. The number of carbonyl (C=O) groups excluding carboxylic acids is 2. The Morgan fingerprint density at radius 1 is 1.29 bits per heavy atom. The molecule has 3 rings (SSSR count). The highest BCUT2D eigenvalue weighted by Gasteiger charge is 2.28. The normalized spacial score (nSPS) is 14.9. The van der Waals surface area contributed by atoms with Crippen molar-refractivity contribution in [2.75, 3.05) is 6.61 Å². The number of ketones is 1. The largest absolute Gasteiger partial charge is 0.479 e. The summed E-state index contributed by atoms with van der Waals surface area (Å²) in [6.45, 7) is 3.51. The van der Waals surface area contributed by atoms with Crippen molar-refractivity contribution in [3.63, 3.8) is 0 Å². The van der Waals surface area contributed by atoms with Gasteiger partial charge in [-0.25, -0.2) is 4.79 Å². The summed E-state index contributed by atoms with van der Waals surface area (Å²) in [6.07, 6.45) is 0.631. The molecule has 0 fully saturated rings. The number of esters is 1. The molecule has 1 aliphatic heterocycles. The molecule has 2 aromatic carbocycles. The third kappa shape index (κ3) is 4.01. The van der Waals surface area contributed by atoms with Crippen molar-refractivity contribution in [1.82, 2.24) is 0 Å². The average Bonchev–Trinajstić information content (AvgIpc) is 2.97. The molecule has 0 spiro atoms. The number of ether oxygens (including phenoxy) is 3. The zero-order valence-electron chi connectivity index (χ0n) is 15.2. The van der Waals surface area contributed by atoms with Crippen LogP contribution in [-0.2, 0) is 9.53 Å². The summed E-state index contributed by atoms with van der Waals surface area (Å²) in [4.78, 5) is 34.6. The van der Waals surface area contributed by atoms with Crippen LogP contribution in [0.3, 0.4) is 0 Å². The number of benzene rings is 2. The number of fused-ring (bicyclic) bond motifs is 1. The van der Waals surface area contributed by atoms with Crippen LogP contribution < -0.4 is 9.47 Å². The molecular formula is C20H17NO7. The van der Waals surface area contributed by atoms with Gasteiger partial charge in [-0.15, -0.1) is 0 Å². The lowest BCUT2D eigenvalue weighted by atomic mass is 10.1. The molecule has 0 radical (unpaired) electrons. The lowest BCUT2D eigenvalue weighted by Crippen LogP contribution is -2.26. The summed E-state index contributed by atoms with van der Waals surface area (Å²) in [6, 6.07) is 10.5. The predicted octanol–water partition coefficient (Wildman–Crippen LogP) is 3.54. The third-order valence-corrected chi connectivity index (χ3v) is 3.95. The number of nitro benzene ring substituents is 1. The first-order valence-electron chi connectivity index (χ1n) is 8.55. The highest BCUT2D eigenvalue weighted by molar-refractivity contribution is 6.14. The lowest BCUT2D eigenvalue weighted by Gasteiger charge is -2.13. The van der Waals surface area contributed by atoms with Crippen molar-refractivity contribution in [2.24, 2.45) is 0 Å². The molecule has 8 nitrogen and oxygen atoms in total. The van der Waals surface area contributed by atoms with E-state index >= 15 is 0 Å². The molecule has 0 amide bonds. The van der Waals surface area contributed by atoms with Crippen molar-refractivity contribution in [3.8, 4) is 11.5 Å². The van der Waals surface area contributed by atoms with Crippen molar-refractivity contribution < 1.29 is 28.7 Å². The van der Waals surface area contributed by atoms with Crippen molar-refractivity contribution in [2.45, 2.75) is 20.0 Å². The molecule has 0 aliphatic carbocycles.